The molecule has 0 bridgehead atoms. The first-order valence-corrected chi connectivity index (χ1v) is 6.66. The Morgan fingerprint density at radius 1 is 1.35 bits per heavy atom. The molecule has 3 nitrogen and oxygen atoms in total. The molecule has 1 aliphatic rings. The molecule has 1 rings (SSSR count). The van der Waals surface area contributed by atoms with E-state index < -0.39 is 0 Å². The normalized spacial score (nSPS) is 17.5. The smallest absolute Gasteiger partial charge is 0.220 e. The molecule has 4 heteroatoms. The summed E-state index contributed by atoms with van der Waals surface area (Å²) >= 11 is 0. The number of rotatable bonds is 7. The van der Waals surface area contributed by atoms with E-state index in [0.29, 0.717) is 12.5 Å². The number of hydrogen-bond donors (Lipinski definition) is 2. The molecule has 0 aliphatic heterocycles. The minimum absolute atomic E-state index is 0. The van der Waals surface area contributed by atoms with Gasteiger partial charge in [0.15, 0.2) is 0 Å². The number of halogens is 1. The van der Waals surface area contributed by atoms with E-state index in [2.05, 4.69) is 17.6 Å². The van der Waals surface area contributed by atoms with Gasteiger partial charge in [-0.25, -0.2) is 0 Å². The van der Waals surface area contributed by atoms with Gasteiger partial charge >= 0.3 is 0 Å². The van der Waals surface area contributed by atoms with Gasteiger partial charge < -0.3 is 10.6 Å². The highest BCUT2D eigenvalue weighted by molar-refractivity contribution is 5.85. The molecule has 1 aliphatic carbocycles. The molecule has 0 aromatic rings. The van der Waals surface area contributed by atoms with Gasteiger partial charge in [-0.1, -0.05) is 25.7 Å². The Morgan fingerprint density at radius 3 is 2.59 bits per heavy atom. The van der Waals surface area contributed by atoms with Gasteiger partial charge in [0.25, 0.3) is 0 Å². The SMILES string of the molecule is CNC(C)CNC(=O)CCCC1CCCC1.Cl. The number of carbonyl (C=O) groups is 1. The Morgan fingerprint density at radius 2 is 2.00 bits per heavy atom. The van der Waals surface area contributed by atoms with Crippen LogP contribution in [0.5, 0.6) is 0 Å². The van der Waals surface area contributed by atoms with Crippen molar-refractivity contribution in [3.05, 3.63) is 0 Å². The monoisotopic (exact) mass is 262 g/mol. The van der Waals surface area contributed by atoms with E-state index in [9.17, 15) is 4.79 Å². The van der Waals surface area contributed by atoms with Crippen molar-refractivity contribution in [1.82, 2.24) is 10.6 Å². The van der Waals surface area contributed by atoms with Crippen molar-refractivity contribution < 1.29 is 4.79 Å². The van der Waals surface area contributed by atoms with Crippen molar-refractivity contribution in [2.45, 2.75) is 57.9 Å². The molecular formula is C13H27ClN2O. The zero-order chi connectivity index (χ0) is 11.8. The minimum atomic E-state index is 0. The van der Waals surface area contributed by atoms with E-state index in [1.807, 2.05) is 7.05 Å². The van der Waals surface area contributed by atoms with Crippen LogP contribution in [0.3, 0.4) is 0 Å². The Labute approximate surface area is 112 Å². The number of hydrogen-bond acceptors (Lipinski definition) is 2. The summed E-state index contributed by atoms with van der Waals surface area (Å²) in [5, 5.41) is 6.06. The topological polar surface area (TPSA) is 41.1 Å². The van der Waals surface area contributed by atoms with Gasteiger partial charge in [0.2, 0.25) is 5.91 Å². The van der Waals surface area contributed by atoms with Gasteiger partial charge in [-0.3, -0.25) is 4.79 Å². The highest BCUT2D eigenvalue weighted by Crippen LogP contribution is 2.28. The first-order chi connectivity index (χ1) is 7.72. The maximum absolute atomic E-state index is 11.5. The summed E-state index contributed by atoms with van der Waals surface area (Å²) in [5.41, 5.74) is 0. The first kappa shape index (κ1) is 16.7. The predicted molar refractivity (Wildman–Crippen MR) is 74.6 cm³/mol. The van der Waals surface area contributed by atoms with Gasteiger partial charge in [0.05, 0.1) is 0 Å². The Bertz CT molecular complexity index is 206. The Kier molecular flexibility index (Phi) is 9.56. The number of carbonyl (C=O) groups excluding carboxylic acids is 1. The second-order valence-corrected chi connectivity index (χ2v) is 5.04. The molecule has 0 radical (unpaired) electrons. The minimum Gasteiger partial charge on any atom is -0.355 e. The molecule has 1 atom stereocenters. The van der Waals surface area contributed by atoms with Crippen LogP contribution in [-0.4, -0.2) is 25.5 Å². The maximum atomic E-state index is 11.5. The lowest BCUT2D eigenvalue weighted by Gasteiger charge is -2.12. The molecule has 2 N–H and O–H groups in total. The lowest BCUT2D eigenvalue weighted by Crippen LogP contribution is -2.37. The summed E-state index contributed by atoms with van der Waals surface area (Å²) in [6, 6.07) is 0.360. The summed E-state index contributed by atoms with van der Waals surface area (Å²) in [6.45, 7) is 2.80. The summed E-state index contributed by atoms with van der Waals surface area (Å²) in [7, 11) is 1.91. The van der Waals surface area contributed by atoms with Gasteiger partial charge in [0, 0.05) is 19.0 Å². The van der Waals surface area contributed by atoms with Crippen molar-refractivity contribution >= 4 is 18.3 Å². The van der Waals surface area contributed by atoms with Crippen molar-refractivity contribution in [3.8, 4) is 0 Å². The zero-order valence-electron chi connectivity index (χ0n) is 11.1. The molecule has 1 saturated carbocycles. The number of nitrogens with one attached hydrogen (secondary N) is 2. The molecule has 0 aromatic carbocycles. The van der Waals surface area contributed by atoms with Crippen LogP contribution in [0.2, 0.25) is 0 Å². The van der Waals surface area contributed by atoms with Crippen molar-refractivity contribution in [2.75, 3.05) is 13.6 Å². The molecule has 0 aromatic heterocycles. The van der Waals surface area contributed by atoms with E-state index in [1.54, 1.807) is 0 Å². The van der Waals surface area contributed by atoms with Gasteiger partial charge in [0.1, 0.15) is 0 Å². The molecule has 102 valence electrons. The molecule has 0 heterocycles. The summed E-state index contributed by atoms with van der Waals surface area (Å²) < 4.78 is 0. The van der Waals surface area contributed by atoms with Crippen LogP contribution in [0, 0.1) is 5.92 Å². The molecule has 1 unspecified atom stereocenters. The quantitative estimate of drug-likeness (QED) is 0.740. The van der Waals surface area contributed by atoms with Gasteiger partial charge in [-0.05, 0) is 32.7 Å². The van der Waals surface area contributed by atoms with E-state index in [0.717, 1.165) is 18.9 Å². The fourth-order valence-electron chi connectivity index (χ4n) is 2.31. The highest BCUT2D eigenvalue weighted by atomic mass is 35.5. The van der Waals surface area contributed by atoms with Gasteiger partial charge in [-0.15, -0.1) is 12.4 Å². The summed E-state index contributed by atoms with van der Waals surface area (Å²) in [5.74, 6) is 1.11. The molecular weight excluding hydrogens is 236 g/mol. The highest BCUT2D eigenvalue weighted by Gasteiger charge is 2.14. The lowest BCUT2D eigenvalue weighted by atomic mass is 10.0. The average Bonchev–Trinajstić information content (AvgIpc) is 2.79. The summed E-state index contributed by atoms with van der Waals surface area (Å²) in [6.07, 6.45) is 8.58. The molecule has 1 fully saturated rings. The van der Waals surface area contributed by atoms with E-state index in [-0.39, 0.29) is 18.3 Å². The van der Waals surface area contributed by atoms with Crippen LogP contribution < -0.4 is 10.6 Å². The van der Waals surface area contributed by atoms with Crippen molar-refractivity contribution in [2.24, 2.45) is 5.92 Å². The second-order valence-electron chi connectivity index (χ2n) is 5.04. The van der Waals surface area contributed by atoms with Crippen LogP contribution in [-0.2, 0) is 4.79 Å². The average molecular weight is 263 g/mol. The summed E-state index contributed by atoms with van der Waals surface area (Å²) in [4.78, 5) is 11.5. The predicted octanol–water partition coefficient (Wildman–Crippen LogP) is 2.49. The van der Waals surface area contributed by atoms with Crippen LogP contribution >= 0.6 is 12.4 Å². The second kappa shape index (κ2) is 9.72. The molecule has 0 spiro atoms. The fraction of sp³-hybridized carbons (Fsp3) is 0.923. The van der Waals surface area contributed by atoms with Crippen LogP contribution in [0.1, 0.15) is 51.9 Å². The van der Waals surface area contributed by atoms with Crippen LogP contribution in [0.4, 0.5) is 0 Å². The van der Waals surface area contributed by atoms with Crippen molar-refractivity contribution in [1.29, 1.82) is 0 Å². The number of likely N-dealkylation sites (N-methyl/N-ethyl adjacent to an activating group) is 1. The van der Waals surface area contributed by atoms with E-state index in [4.69, 9.17) is 0 Å². The standard InChI is InChI=1S/C13H26N2O.ClH/c1-11(14-2)10-15-13(16)9-5-8-12-6-3-4-7-12;/h11-12,14H,3-10H2,1-2H3,(H,15,16);1H. The number of amides is 1. The lowest BCUT2D eigenvalue weighted by molar-refractivity contribution is -0.121. The molecule has 17 heavy (non-hydrogen) atoms. The van der Waals surface area contributed by atoms with Crippen molar-refractivity contribution in [3.63, 3.8) is 0 Å². The van der Waals surface area contributed by atoms with Crippen LogP contribution in [0.25, 0.3) is 0 Å². The Balaban J connectivity index is 0.00000256. The van der Waals surface area contributed by atoms with E-state index >= 15 is 0 Å². The maximum Gasteiger partial charge on any atom is 0.220 e. The third-order valence-corrected chi connectivity index (χ3v) is 3.59. The molecule has 1 amide bonds. The third-order valence-electron chi connectivity index (χ3n) is 3.59. The molecule has 0 saturated heterocycles. The Hall–Kier alpha value is -0.280. The van der Waals surface area contributed by atoms with Gasteiger partial charge in [-0.2, -0.15) is 0 Å². The van der Waals surface area contributed by atoms with Crippen LogP contribution in [0.15, 0.2) is 0 Å². The largest absolute Gasteiger partial charge is 0.355 e. The van der Waals surface area contributed by atoms with E-state index in [1.165, 1.54) is 32.1 Å². The fourth-order valence-corrected chi connectivity index (χ4v) is 2.31. The first-order valence-electron chi connectivity index (χ1n) is 6.66. The third kappa shape index (κ3) is 7.61. The zero-order valence-corrected chi connectivity index (χ0v) is 11.9.